The Labute approximate surface area is 119 Å². The quantitative estimate of drug-likeness (QED) is 0.901. The molecule has 1 aliphatic rings. The van der Waals surface area contributed by atoms with Gasteiger partial charge in [-0.15, -0.1) is 12.4 Å². The van der Waals surface area contributed by atoms with Crippen LogP contribution in [0.15, 0.2) is 18.2 Å². The molecule has 1 saturated heterocycles. The summed E-state index contributed by atoms with van der Waals surface area (Å²) in [7, 11) is 0. The van der Waals surface area contributed by atoms with Gasteiger partial charge in [0.25, 0.3) is 0 Å². The van der Waals surface area contributed by atoms with Crippen molar-refractivity contribution < 1.29 is 0 Å². The predicted molar refractivity (Wildman–Crippen MR) is 76.5 cm³/mol. The summed E-state index contributed by atoms with van der Waals surface area (Å²) < 4.78 is 0. The zero-order valence-corrected chi connectivity index (χ0v) is 12.1. The van der Waals surface area contributed by atoms with E-state index in [4.69, 9.17) is 23.2 Å². The first-order valence-electron chi connectivity index (χ1n) is 5.55. The molecule has 17 heavy (non-hydrogen) atoms. The number of piperazine rings is 1. The van der Waals surface area contributed by atoms with Gasteiger partial charge in [0.1, 0.15) is 0 Å². The van der Waals surface area contributed by atoms with Gasteiger partial charge >= 0.3 is 0 Å². The van der Waals surface area contributed by atoms with E-state index in [1.807, 2.05) is 18.2 Å². The Morgan fingerprint density at radius 1 is 1.35 bits per heavy atom. The summed E-state index contributed by atoms with van der Waals surface area (Å²) in [5, 5.41) is 4.65. The molecule has 0 aromatic heterocycles. The molecule has 1 aromatic carbocycles. The standard InChI is InChI=1S/C12H16Cl2N2.ClH/c1-9-7-15-4-5-16(9)8-10-2-3-11(13)12(14)6-10;/h2-3,6,9,15H,4-5,7-8H2,1H3;1H. The Hall–Kier alpha value is 0.01000. The Balaban J connectivity index is 0.00000144. The van der Waals surface area contributed by atoms with Gasteiger partial charge in [-0.2, -0.15) is 0 Å². The van der Waals surface area contributed by atoms with Gasteiger partial charge in [0, 0.05) is 32.2 Å². The summed E-state index contributed by atoms with van der Waals surface area (Å²) in [5.74, 6) is 0. The van der Waals surface area contributed by atoms with Gasteiger partial charge in [0.15, 0.2) is 0 Å². The first kappa shape index (κ1) is 15.1. The number of hydrogen-bond donors (Lipinski definition) is 1. The van der Waals surface area contributed by atoms with Crippen molar-refractivity contribution >= 4 is 35.6 Å². The highest BCUT2D eigenvalue weighted by molar-refractivity contribution is 6.42. The number of halogens is 3. The third kappa shape index (κ3) is 4.01. The van der Waals surface area contributed by atoms with Crippen LogP contribution < -0.4 is 5.32 Å². The minimum atomic E-state index is 0. The van der Waals surface area contributed by atoms with Crippen molar-refractivity contribution in [1.29, 1.82) is 0 Å². The molecular weight excluding hydrogens is 279 g/mol. The summed E-state index contributed by atoms with van der Waals surface area (Å²) in [5.41, 5.74) is 1.23. The molecule has 2 rings (SSSR count). The third-order valence-electron chi connectivity index (χ3n) is 3.01. The Morgan fingerprint density at radius 3 is 2.76 bits per heavy atom. The minimum Gasteiger partial charge on any atom is -0.314 e. The van der Waals surface area contributed by atoms with Crippen LogP contribution in [0, 0.1) is 0 Å². The van der Waals surface area contributed by atoms with Crippen LogP contribution in [0.4, 0.5) is 0 Å². The molecule has 1 N–H and O–H groups in total. The first-order valence-corrected chi connectivity index (χ1v) is 6.31. The smallest absolute Gasteiger partial charge is 0.0595 e. The predicted octanol–water partition coefficient (Wildman–Crippen LogP) is 3.21. The molecule has 0 radical (unpaired) electrons. The van der Waals surface area contributed by atoms with Crippen LogP contribution in [0.5, 0.6) is 0 Å². The zero-order valence-electron chi connectivity index (χ0n) is 9.75. The fourth-order valence-corrected chi connectivity index (χ4v) is 2.31. The molecule has 1 unspecified atom stereocenters. The second-order valence-corrected chi connectivity index (χ2v) is 5.09. The molecule has 1 heterocycles. The van der Waals surface area contributed by atoms with E-state index in [1.54, 1.807) is 0 Å². The molecule has 0 bridgehead atoms. The minimum absolute atomic E-state index is 0. The van der Waals surface area contributed by atoms with E-state index in [-0.39, 0.29) is 12.4 Å². The Morgan fingerprint density at radius 2 is 2.12 bits per heavy atom. The zero-order chi connectivity index (χ0) is 11.5. The van der Waals surface area contributed by atoms with Crippen molar-refractivity contribution in [2.24, 2.45) is 0 Å². The van der Waals surface area contributed by atoms with E-state index >= 15 is 0 Å². The van der Waals surface area contributed by atoms with E-state index in [2.05, 4.69) is 17.1 Å². The summed E-state index contributed by atoms with van der Waals surface area (Å²) in [6.45, 7) is 6.39. The lowest BCUT2D eigenvalue weighted by molar-refractivity contribution is 0.165. The number of hydrogen-bond acceptors (Lipinski definition) is 2. The maximum atomic E-state index is 6.01. The van der Waals surface area contributed by atoms with Crippen LogP contribution in [0.2, 0.25) is 10.0 Å². The molecule has 0 aliphatic carbocycles. The third-order valence-corrected chi connectivity index (χ3v) is 3.75. The number of rotatable bonds is 2. The van der Waals surface area contributed by atoms with Crippen LogP contribution >= 0.6 is 35.6 Å². The molecule has 1 aliphatic heterocycles. The average molecular weight is 296 g/mol. The lowest BCUT2D eigenvalue weighted by Gasteiger charge is -2.33. The number of benzene rings is 1. The van der Waals surface area contributed by atoms with Gasteiger partial charge in [-0.05, 0) is 24.6 Å². The summed E-state index contributed by atoms with van der Waals surface area (Å²) >= 11 is 11.9. The van der Waals surface area contributed by atoms with Gasteiger partial charge in [0.2, 0.25) is 0 Å². The molecule has 96 valence electrons. The number of nitrogens with zero attached hydrogens (tertiary/aromatic N) is 1. The molecule has 0 saturated carbocycles. The van der Waals surface area contributed by atoms with Crippen molar-refractivity contribution in [3.8, 4) is 0 Å². The van der Waals surface area contributed by atoms with E-state index < -0.39 is 0 Å². The highest BCUT2D eigenvalue weighted by atomic mass is 35.5. The van der Waals surface area contributed by atoms with E-state index in [0.717, 1.165) is 26.2 Å². The van der Waals surface area contributed by atoms with Crippen LogP contribution in [0.3, 0.4) is 0 Å². The molecule has 0 amide bonds. The second-order valence-electron chi connectivity index (χ2n) is 4.27. The average Bonchev–Trinajstić information content (AvgIpc) is 2.27. The molecule has 0 spiro atoms. The van der Waals surface area contributed by atoms with Crippen molar-refractivity contribution in [2.45, 2.75) is 19.5 Å². The van der Waals surface area contributed by atoms with Gasteiger partial charge in [-0.25, -0.2) is 0 Å². The van der Waals surface area contributed by atoms with Crippen molar-refractivity contribution in [1.82, 2.24) is 10.2 Å². The lowest BCUT2D eigenvalue weighted by atomic mass is 10.1. The monoisotopic (exact) mass is 294 g/mol. The number of nitrogens with one attached hydrogen (secondary N) is 1. The van der Waals surface area contributed by atoms with Gasteiger partial charge in [0.05, 0.1) is 10.0 Å². The molecule has 1 atom stereocenters. The fourth-order valence-electron chi connectivity index (χ4n) is 1.99. The molecule has 1 fully saturated rings. The largest absolute Gasteiger partial charge is 0.314 e. The Bertz CT molecular complexity index is 371. The van der Waals surface area contributed by atoms with E-state index in [9.17, 15) is 0 Å². The van der Waals surface area contributed by atoms with E-state index in [1.165, 1.54) is 5.56 Å². The summed E-state index contributed by atoms with van der Waals surface area (Å²) in [6, 6.07) is 6.44. The van der Waals surface area contributed by atoms with Crippen LogP contribution in [-0.4, -0.2) is 30.6 Å². The van der Waals surface area contributed by atoms with Crippen LogP contribution in [0.1, 0.15) is 12.5 Å². The maximum Gasteiger partial charge on any atom is 0.0595 e. The van der Waals surface area contributed by atoms with Crippen LogP contribution in [0.25, 0.3) is 0 Å². The van der Waals surface area contributed by atoms with Crippen LogP contribution in [-0.2, 0) is 6.54 Å². The van der Waals surface area contributed by atoms with Gasteiger partial charge in [-0.1, -0.05) is 29.3 Å². The summed E-state index contributed by atoms with van der Waals surface area (Å²) in [4.78, 5) is 2.45. The first-order chi connectivity index (χ1) is 7.66. The van der Waals surface area contributed by atoms with Crippen molar-refractivity contribution in [2.75, 3.05) is 19.6 Å². The molecule has 1 aromatic rings. The van der Waals surface area contributed by atoms with Crippen molar-refractivity contribution in [3.63, 3.8) is 0 Å². The fraction of sp³-hybridized carbons (Fsp3) is 0.500. The molecule has 5 heteroatoms. The summed E-state index contributed by atoms with van der Waals surface area (Å²) in [6.07, 6.45) is 0. The topological polar surface area (TPSA) is 15.3 Å². The highest BCUT2D eigenvalue weighted by Gasteiger charge is 2.17. The highest BCUT2D eigenvalue weighted by Crippen LogP contribution is 2.23. The Kier molecular flexibility index (Phi) is 6.04. The normalized spacial score (nSPS) is 21.0. The van der Waals surface area contributed by atoms with Gasteiger partial charge in [-0.3, -0.25) is 4.90 Å². The lowest BCUT2D eigenvalue weighted by Crippen LogP contribution is -2.49. The second kappa shape index (κ2) is 6.81. The molecule has 2 nitrogen and oxygen atoms in total. The maximum absolute atomic E-state index is 6.01. The SMILES string of the molecule is CC1CNCCN1Cc1ccc(Cl)c(Cl)c1.Cl. The van der Waals surface area contributed by atoms with Crippen molar-refractivity contribution in [3.05, 3.63) is 33.8 Å². The van der Waals surface area contributed by atoms with Gasteiger partial charge < -0.3 is 5.32 Å². The van der Waals surface area contributed by atoms with E-state index in [0.29, 0.717) is 16.1 Å². The molecular formula is C12H17Cl3N2.